The third-order valence-corrected chi connectivity index (χ3v) is 5.18. The van der Waals surface area contributed by atoms with Gasteiger partial charge >= 0.3 is 5.97 Å². The number of halogens is 1. The van der Waals surface area contributed by atoms with Crippen LogP contribution in [-0.4, -0.2) is 27.2 Å². The molecule has 6 heteroatoms. The molecule has 0 aliphatic carbocycles. The molecule has 0 atom stereocenters. The van der Waals surface area contributed by atoms with E-state index in [1.807, 2.05) is 26.0 Å². The Hall–Kier alpha value is -2.11. The van der Waals surface area contributed by atoms with Crippen LogP contribution in [0.1, 0.15) is 31.4 Å². The quantitative estimate of drug-likeness (QED) is 0.569. The van der Waals surface area contributed by atoms with Gasteiger partial charge in [-0.15, -0.1) is 0 Å². The van der Waals surface area contributed by atoms with Crippen LogP contribution in [0.4, 0.5) is 0 Å². The second-order valence-electron chi connectivity index (χ2n) is 5.55. The molecule has 0 aromatic heterocycles. The fourth-order valence-electron chi connectivity index (χ4n) is 2.69. The highest BCUT2D eigenvalue weighted by Gasteiger charge is 2.25. The minimum absolute atomic E-state index is 0.232. The Morgan fingerprint density at radius 3 is 2.19 bits per heavy atom. The van der Waals surface area contributed by atoms with Crippen molar-refractivity contribution in [1.82, 2.24) is 0 Å². The lowest BCUT2D eigenvalue weighted by Crippen LogP contribution is -2.02. The molecule has 2 aromatic carbocycles. The molecule has 1 aliphatic heterocycles. The average molecular weight is 393 g/mol. The number of carbonyl (C=O) groups excluding carboxylic acids is 1. The van der Waals surface area contributed by atoms with Crippen LogP contribution in [0, 0.1) is 0 Å². The van der Waals surface area contributed by atoms with Gasteiger partial charge in [0.25, 0.3) is 0 Å². The molecule has 0 radical (unpaired) electrons. The number of hydrogen-bond donors (Lipinski definition) is 0. The van der Waals surface area contributed by atoms with E-state index in [0.29, 0.717) is 23.6 Å². The molecular formula is C20H21ClO4S. The third kappa shape index (κ3) is 4.54. The van der Waals surface area contributed by atoms with Crippen LogP contribution in [0.25, 0.3) is 5.57 Å². The molecule has 0 spiro atoms. The zero-order valence-corrected chi connectivity index (χ0v) is 16.5. The Bertz CT molecular complexity index is 929. The fraction of sp³-hybridized carbons (Fsp3) is 0.250. The summed E-state index contributed by atoms with van der Waals surface area (Å²) in [5.74, 6) is -0.350. The maximum atomic E-state index is 12.1. The summed E-state index contributed by atoms with van der Waals surface area (Å²) >= 11 is 6.09. The second kappa shape index (κ2) is 8.52. The lowest BCUT2D eigenvalue weighted by Gasteiger charge is -2.12. The van der Waals surface area contributed by atoms with Crippen molar-refractivity contribution in [2.24, 2.45) is 0 Å². The Labute approximate surface area is 159 Å². The molecule has 1 heterocycles. The largest absolute Gasteiger partial charge is 0.462 e. The standard InChI is InChI=1S/C18H15ClO4S.C2H6/c1-24(21,22)15-7-5-12(6-8-15)17(16-9-10-23-18(16)20)13-3-2-4-14(19)11-13;1-2/h2-8,11H,9-10H2,1H3;1-2H3/b17-16-;. The van der Waals surface area contributed by atoms with Gasteiger partial charge in [0.15, 0.2) is 9.84 Å². The van der Waals surface area contributed by atoms with E-state index in [1.54, 1.807) is 24.3 Å². The predicted octanol–water partition coefficient (Wildman–Crippen LogP) is 4.52. The first-order valence-corrected chi connectivity index (χ1v) is 10.6. The van der Waals surface area contributed by atoms with Crippen molar-refractivity contribution in [1.29, 1.82) is 0 Å². The van der Waals surface area contributed by atoms with Gasteiger partial charge in [0, 0.05) is 23.3 Å². The Balaban J connectivity index is 0.00000117. The summed E-state index contributed by atoms with van der Waals surface area (Å²) in [6, 6.07) is 13.7. The molecule has 2 aromatic rings. The molecule has 4 nitrogen and oxygen atoms in total. The van der Waals surface area contributed by atoms with Gasteiger partial charge in [0.05, 0.1) is 11.5 Å². The van der Waals surface area contributed by atoms with Crippen LogP contribution in [-0.2, 0) is 19.4 Å². The summed E-state index contributed by atoms with van der Waals surface area (Å²) in [5, 5.41) is 0.560. The smallest absolute Gasteiger partial charge is 0.334 e. The molecule has 0 unspecified atom stereocenters. The molecule has 0 bridgehead atoms. The van der Waals surface area contributed by atoms with Gasteiger partial charge < -0.3 is 4.74 Å². The number of esters is 1. The minimum atomic E-state index is -3.28. The van der Waals surface area contributed by atoms with Crippen LogP contribution in [0.15, 0.2) is 59.0 Å². The van der Waals surface area contributed by atoms with Gasteiger partial charge in [-0.1, -0.05) is 49.7 Å². The molecular weight excluding hydrogens is 372 g/mol. The number of rotatable bonds is 3. The van der Waals surface area contributed by atoms with Crippen LogP contribution in [0.2, 0.25) is 5.02 Å². The van der Waals surface area contributed by atoms with Crippen LogP contribution >= 0.6 is 11.6 Å². The number of cyclic esters (lactones) is 1. The van der Waals surface area contributed by atoms with Crippen molar-refractivity contribution in [3.05, 3.63) is 70.3 Å². The Kier molecular flexibility index (Phi) is 6.62. The molecule has 1 saturated heterocycles. The SMILES string of the molecule is CC.CS(=O)(=O)c1ccc(/C(=C2\CCOC2=O)c2cccc(Cl)c2)cc1. The van der Waals surface area contributed by atoms with Crippen molar-refractivity contribution in [3.8, 4) is 0 Å². The minimum Gasteiger partial charge on any atom is -0.462 e. The van der Waals surface area contributed by atoms with Gasteiger partial charge in [-0.05, 0) is 41.0 Å². The van der Waals surface area contributed by atoms with Crippen molar-refractivity contribution in [2.45, 2.75) is 25.2 Å². The predicted molar refractivity (Wildman–Crippen MR) is 104 cm³/mol. The van der Waals surface area contributed by atoms with E-state index in [-0.39, 0.29) is 10.9 Å². The van der Waals surface area contributed by atoms with Crippen LogP contribution in [0.3, 0.4) is 0 Å². The Morgan fingerprint density at radius 1 is 1.04 bits per heavy atom. The molecule has 0 saturated carbocycles. The number of carbonyl (C=O) groups is 1. The van der Waals surface area contributed by atoms with Crippen LogP contribution in [0.5, 0.6) is 0 Å². The van der Waals surface area contributed by atoms with Gasteiger partial charge in [-0.3, -0.25) is 0 Å². The highest BCUT2D eigenvalue weighted by molar-refractivity contribution is 7.90. The number of hydrogen-bond acceptors (Lipinski definition) is 4. The lowest BCUT2D eigenvalue weighted by atomic mass is 9.92. The van der Waals surface area contributed by atoms with E-state index < -0.39 is 9.84 Å². The maximum Gasteiger partial charge on any atom is 0.334 e. The molecule has 0 N–H and O–H groups in total. The lowest BCUT2D eigenvalue weighted by molar-refractivity contribution is -0.135. The summed E-state index contributed by atoms with van der Waals surface area (Å²) in [6.07, 6.45) is 1.67. The first-order chi connectivity index (χ1) is 12.4. The zero-order valence-electron chi connectivity index (χ0n) is 15.0. The van der Waals surface area contributed by atoms with Crippen molar-refractivity contribution in [3.63, 3.8) is 0 Å². The first-order valence-electron chi connectivity index (χ1n) is 8.33. The summed E-state index contributed by atoms with van der Waals surface area (Å²) < 4.78 is 28.3. The van der Waals surface area contributed by atoms with E-state index in [9.17, 15) is 13.2 Å². The van der Waals surface area contributed by atoms with Crippen molar-refractivity contribution < 1.29 is 17.9 Å². The normalized spacial score (nSPS) is 15.8. The topological polar surface area (TPSA) is 60.4 Å². The van der Waals surface area contributed by atoms with E-state index in [0.717, 1.165) is 23.0 Å². The van der Waals surface area contributed by atoms with Gasteiger partial charge in [-0.2, -0.15) is 0 Å². The number of ether oxygens (including phenoxy) is 1. The van der Waals surface area contributed by atoms with E-state index in [4.69, 9.17) is 16.3 Å². The van der Waals surface area contributed by atoms with Gasteiger partial charge in [0.1, 0.15) is 0 Å². The monoisotopic (exact) mass is 392 g/mol. The molecule has 1 fully saturated rings. The zero-order chi connectivity index (χ0) is 19.3. The fourth-order valence-corrected chi connectivity index (χ4v) is 3.51. The molecule has 0 amide bonds. The highest BCUT2D eigenvalue weighted by Crippen LogP contribution is 2.33. The average Bonchev–Trinajstić information content (AvgIpc) is 3.03. The Morgan fingerprint density at radius 2 is 1.69 bits per heavy atom. The number of sulfone groups is 1. The number of benzene rings is 2. The summed E-state index contributed by atoms with van der Waals surface area (Å²) in [5.41, 5.74) is 2.84. The summed E-state index contributed by atoms with van der Waals surface area (Å²) in [4.78, 5) is 12.3. The molecule has 3 rings (SSSR count). The summed E-state index contributed by atoms with van der Waals surface area (Å²) in [6.45, 7) is 4.35. The summed E-state index contributed by atoms with van der Waals surface area (Å²) in [7, 11) is -3.28. The highest BCUT2D eigenvalue weighted by atomic mass is 35.5. The van der Waals surface area contributed by atoms with Crippen LogP contribution < -0.4 is 0 Å². The molecule has 138 valence electrons. The van der Waals surface area contributed by atoms with Crippen molar-refractivity contribution >= 4 is 33.0 Å². The van der Waals surface area contributed by atoms with E-state index in [2.05, 4.69) is 0 Å². The third-order valence-electron chi connectivity index (χ3n) is 3.82. The van der Waals surface area contributed by atoms with Gasteiger partial charge in [0.2, 0.25) is 0 Å². The molecule has 26 heavy (non-hydrogen) atoms. The first kappa shape index (κ1) is 20.2. The van der Waals surface area contributed by atoms with E-state index >= 15 is 0 Å². The van der Waals surface area contributed by atoms with Crippen molar-refractivity contribution in [2.75, 3.05) is 12.9 Å². The second-order valence-corrected chi connectivity index (χ2v) is 8.00. The maximum absolute atomic E-state index is 12.1. The molecule has 1 aliphatic rings. The van der Waals surface area contributed by atoms with Gasteiger partial charge in [-0.25, -0.2) is 13.2 Å². The van der Waals surface area contributed by atoms with E-state index in [1.165, 1.54) is 12.1 Å².